The van der Waals surface area contributed by atoms with Crippen LogP contribution in [0.5, 0.6) is 0 Å². The fraction of sp³-hybridized carbons (Fsp3) is 0.412. The van der Waals surface area contributed by atoms with Crippen molar-refractivity contribution in [1.82, 2.24) is 19.4 Å². The summed E-state index contributed by atoms with van der Waals surface area (Å²) in [5, 5.41) is 0.0363. The molecule has 9 nitrogen and oxygen atoms in total. The molecule has 0 bridgehead atoms. The number of nitrogen functional groups attached to an aromatic ring is 1. The highest BCUT2D eigenvalue weighted by Gasteiger charge is 2.41. The highest BCUT2D eigenvalue weighted by Crippen LogP contribution is 2.50. The van der Waals surface area contributed by atoms with Gasteiger partial charge in [-0.3, -0.25) is 14.5 Å². The standard InChI is InChI=1S/C34H35F5N6O3S/c1-17-13-43(14-18(2)45(17)32(47)48-33(3,4)5)30-22-10-23(34(37,38)39)27(21-11-26(40)25(36)12-24(21)35)29-28(22)44(31(46)42-30)15-20(16-49-29)19-6-8-41-9-7-19/h6-12,17-18,20H,13-16,40H2,1-5H3/t17?,18?,20-/m0/s1. The SMILES string of the molecule is CC1CN(c2nc(=O)n3c4c(c(-c5cc(N)c(F)cc5F)c(C(F)(F)F)cc24)SC[C@@H](c2ccncc2)C3)CC(C)N1C(=O)OC(C)(C)C. The summed E-state index contributed by atoms with van der Waals surface area (Å²) in [4.78, 5) is 38.8. The van der Waals surface area contributed by atoms with Crippen LogP contribution in [0.4, 0.5) is 38.3 Å². The molecule has 0 saturated carbocycles. The molecule has 0 spiro atoms. The van der Waals surface area contributed by atoms with Gasteiger partial charge >= 0.3 is 18.0 Å². The zero-order valence-electron chi connectivity index (χ0n) is 27.4. The lowest BCUT2D eigenvalue weighted by atomic mass is 9.95. The summed E-state index contributed by atoms with van der Waals surface area (Å²) in [5.74, 6) is -2.45. The average molecular weight is 703 g/mol. The number of anilines is 2. The third kappa shape index (κ3) is 6.52. The number of carbonyl (C=O) groups excluding carboxylic acids is 1. The molecule has 2 unspecified atom stereocenters. The molecular weight excluding hydrogens is 667 g/mol. The summed E-state index contributed by atoms with van der Waals surface area (Å²) >= 11 is 1.05. The van der Waals surface area contributed by atoms with Crippen molar-refractivity contribution in [3.8, 4) is 11.1 Å². The Morgan fingerprint density at radius 3 is 2.27 bits per heavy atom. The molecule has 2 N–H and O–H groups in total. The Morgan fingerprint density at radius 2 is 1.65 bits per heavy atom. The molecule has 6 rings (SSSR count). The van der Waals surface area contributed by atoms with E-state index in [1.807, 2.05) is 0 Å². The molecule has 2 aromatic carbocycles. The lowest BCUT2D eigenvalue weighted by Crippen LogP contribution is -2.59. The molecule has 15 heteroatoms. The van der Waals surface area contributed by atoms with Crippen LogP contribution in [0.1, 0.15) is 51.7 Å². The molecule has 0 aliphatic carbocycles. The third-order valence-corrected chi connectivity index (χ3v) is 9.95. The second-order valence-electron chi connectivity index (χ2n) is 13.5. The van der Waals surface area contributed by atoms with Gasteiger partial charge in [-0.05, 0) is 64.4 Å². The second-order valence-corrected chi connectivity index (χ2v) is 14.5. The van der Waals surface area contributed by atoms with Crippen molar-refractivity contribution in [3.63, 3.8) is 0 Å². The van der Waals surface area contributed by atoms with Crippen LogP contribution in [0.2, 0.25) is 0 Å². The van der Waals surface area contributed by atoms with Gasteiger partial charge in [0, 0.05) is 71.2 Å². The maximum atomic E-state index is 15.5. The van der Waals surface area contributed by atoms with Crippen molar-refractivity contribution >= 4 is 40.3 Å². The van der Waals surface area contributed by atoms with Crippen LogP contribution in [0.25, 0.3) is 22.0 Å². The summed E-state index contributed by atoms with van der Waals surface area (Å²) in [7, 11) is 0. The molecule has 2 aromatic heterocycles. The molecule has 2 aliphatic heterocycles. The minimum Gasteiger partial charge on any atom is -0.444 e. The number of rotatable bonds is 3. The molecule has 0 radical (unpaired) electrons. The maximum Gasteiger partial charge on any atom is 0.417 e. The van der Waals surface area contributed by atoms with Gasteiger partial charge in [0.25, 0.3) is 0 Å². The number of nitrogens with two attached hydrogens (primary N) is 1. The van der Waals surface area contributed by atoms with Gasteiger partial charge in [0.05, 0.1) is 28.9 Å². The van der Waals surface area contributed by atoms with E-state index >= 15 is 17.6 Å². The topological polar surface area (TPSA) is 107 Å². The first-order valence-corrected chi connectivity index (χ1v) is 16.7. The Labute approximate surface area is 283 Å². The van der Waals surface area contributed by atoms with Crippen LogP contribution in [-0.4, -0.2) is 62.1 Å². The molecule has 1 saturated heterocycles. The normalized spacial score (nSPS) is 20.0. The number of hydrogen-bond acceptors (Lipinski definition) is 8. The number of piperazine rings is 1. The van der Waals surface area contributed by atoms with Crippen molar-refractivity contribution in [2.24, 2.45) is 0 Å². The number of thioether (sulfide) groups is 1. The zero-order valence-corrected chi connectivity index (χ0v) is 28.3. The van der Waals surface area contributed by atoms with Crippen LogP contribution in [0.15, 0.2) is 52.4 Å². The van der Waals surface area contributed by atoms with Gasteiger partial charge < -0.3 is 15.4 Å². The molecular formula is C34H35F5N6O3S. The van der Waals surface area contributed by atoms with E-state index in [0.717, 1.165) is 29.5 Å². The fourth-order valence-corrected chi connectivity index (χ4v) is 8.04. The number of halogens is 5. The second kappa shape index (κ2) is 12.5. The van der Waals surface area contributed by atoms with Crippen LogP contribution in [0.3, 0.4) is 0 Å². The number of carbonyl (C=O) groups is 1. The monoisotopic (exact) mass is 702 g/mol. The fourth-order valence-electron chi connectivity index (χ4n) is 6.66. The average Bonchev–Trinajstić information content (AvgIpc) is 3.21. The van der Waals surface area contributed by atoms with E-state index in [4.69, 9.17) is 10.5 Å². The lowest BCUT2D eigenvalue weighted by molar-refractivity contribution is -0.137. The van der Waals surface area contributed by atoms with E-state index < -0.39 is 69.7 Å². The summed E-state index contributed by atoms with van der Waals surface area (Å²) in [6.45, 7) is 9.18. The largest absolute Gasteiger partial charge is 0.444 e. The van der Waals surface area contributed by atoms with Crippen molar-refractivity contribution in [2.45, 2.75) is 75.8 Å². The molecule has 1 amide bonds. The smallest absolute Gasteiger partial charge is 0.417 e. The van der Waals surface area contributed by atoms with Crippen molar-refractivity contribution in [3.05, 3.63) is 76.0 Å². The van der Waals surface area contributed by atoms with Gasteiger partial charge in [-0.25, -0.2) is 18.4 Å². The van der Waals surface area contributed by atoms with E-state index in [1.54, 1.807) is 68.9 Å². The van der Waals surface area contributed by atoms with Gasteiger partial charge in [0.1, 0.15) is 23.1 Å². The number of pyridine rings is 1. The van der Waals surface area contributed by atoms with Crippen molar-refractivity contribution in [1.29, 1.82) is 0 Å². The number of benzene rings is 2. The van der Waals surface area contributed by atoms with E-state index in [0.29, 0.717) is 6.07 Å². The highest BCUT2D eigenvalue weighted by molar-refractivity contribution is 7.99. The number of hydrogen-bond donors (Lipinski definition) is 1. The highest BCUT2D eigenvalue weighted by atomic mass is 32.2. The number of alkyl halides is 3. The van der Waals surface area contributed by atoms with Gasteiger partial charge in [0.2, 0.25) is 0 Å². The number of aromatic nitrogens is 3. The zero-order chi connectivity index (χ0) is 35.6. The summed E-state index contributed by atoms with van der Waals surface area (Å²) in [6.07, 6.45) is -2.36. The molecule has 2 aliphatic rings. The summed E-state index contributed by atoms with van der Waals surface area (Å²) in [5.41, 5.74) is 2.48. The molecule has 3 atom stereocenters. The Morgan fingerprint density at radius 1 is 1.00 bits per heavy atom. The molecule has 4 aromatic rings. The van der Waals surface area contributed by atoms with Crippen LogP contribution >= 0.6 is 11.8 Å². The third-order valence-electron chi connectivity index (χ3n) is 8.69. The predicted molar refractivity (Wildman–Crippen MR) is 178 cm³/mol. The Hall–Kier alpha value is -4.40. The number of amides is 1. The van der Waals surface area contributed by atoms with E-state index in [-0.39, 0.29) is 52.9 Å². The summed E-state index contributed by atoms with van der Waals surface area (Å²) in [6, 6.07) is 4.80. The first-order valence-electron chi connectivity index (χ1n) is 15.7. The van der Waals surface area contributed by atoms with Gasteiger partial charge in [0.15, 0.2) is 0 Å². The molecule has 260 valence electrons. The Kier molecular flexibility index (Phi) is 8.78. The first kappa shape index (κ1) is 34.5. The van der Waals surface area contributed by atoms with Crippen LogP contribution in [0, 0.1) is 11.6 Å². The maximum absolute atomic E-state index is 15.5. The van der Waals surface area contributed by atoms with Gasteiger partial charge in [-0.2, -0.15) is 18.2 Å². The Balaban J connectivity index is 1.60. The Bertz CT molecular complexity index is 1990. The minimum absolute atomic E-state index is 0.000488. The van der Waals surface area contributed by atoms with E-state index in [9.17, 15) is 14.0 Å². The van der Waals surface area contributed by atoms with Gasteiger partial charge in [-0.15, -0.1) is 11.8 Å². The minimum atomic E-state index is -5.00. The van der Waals surface area contributed by atoms with Gasteiger partial charge in [-0.1, -0.05) is 0 Å². The van der Waals surface area contributed by atoms with E-state index in [2.05, 4.69) is 9.97 Å². The number of ether oxygens (including phenoxy) is 1. The van der Waals surface area contributed by atoms with Crippen LogP contribution in [-0.2, 0) is 17.5 Å². The van der Waals surface area contributed by atoms with Crippen molar-refractivity contribution in [2.75, 3.05) is 29.5 Å². The van der Waals surface area contributed by atoms with Crippen LogP contribution < -0.4 is 16.3 Å². The summed E-state index contributed by atoms with van der Waals surface area (Å²) < 4.78 is 82.0. The quantitative estimate of drug-likeness (QED) is 0.179. The number of nitrogens with zero attached hydrogens (tertiary/aromatic N) is 5. The predicted octanol–water partition coefficient (Wildman–Crippen LogP) is 7.06. The van der Waals surface area contributed by atoms with Crippen molar-refractivity contribution < 1.29 is 31.5 Å². The molecule has 49 heavy (non-hydrogen) atoms. The first-order chi connectivity index (χ1) is 22.9. The molecule has 4 heterocycles. The lowest BCUT2D eigenvalue weighted by Gasteiger charge is -2.45. The van der Waals surface area contributed by atoms with E-state index in [1.165, 1.54) is 4.57 Å². The molecule has 1 fully saturated rings.